The van der Waals surface area contributed by atoms with E-state index < -0.39 is 24.5 Å². The first kappa shape index (κ1) is 12.4. The van der Waals surface area contributed by atoms with Gasteiger partial charge in [-0.3, -0.25) is 0 Å². The number of benzene rings is 1. The van der Waals surface area contributed by atoms with Crippen LogP contribution < -0.4 is 0 Å². The standard InChI is InChI=1S/C9H7BrF4O/c10-7-4-6(11)2-1-5(7)3-8(15)9(12,13)14/h1-2,4,8,15H,3H2/t8-/m0/s1. The van der Waals surface area contributed by atoms with E-state index in [1.54, 1.807) is 0 Å². The highest BCUT2D eigenvalue weighted by atomic mass is 79.9. The Labute approximate surface area is 91.9 Å². The summed E-state index contributed by atoms with van der Waals surface area (Å²) in [5.74, 6) is -0.549. The lowest BCUT2D eigenvalue weighted by molar-refractivity contribution is -0.203. The molecule has 0 fully saturated rings. The molecule has 1 aromatic carbocycles. The summed E-state index contributed by atoms with van der Waals surface area (Å²) in [6, 6.07) is 3.30. The minimum absolute atomic E-state index is 0.209. The van der Waals surface area contributed by atoms with Crippen LogP contribution in [0.1, 0.15) is 5.56 Å². The molecule has 0 radical (unpaired) electrons. The Morgan fingerprint density at radius 3 is 2.40 bits per heavy atom. The van der Waals surface area contributed by atoms with Gasteiger partial charge in [0.15, 0.2) is 6.10 Å². The van der Waals surface area contributed by atoms with Crippen molar-refractivity contribution in [1.82, 2.24) is 0 Å². The number of rotatable bonds is 2. The highest BCUT2D eigenvalue weighted by Crippen LogP contribution is 2.26. The van der Waals surface area contributed by atoms with Crippen molar-refractivity contribution in [2.75, 3.05) is 0 Å². The van der Waals surface area contributed by atoms with Crippen LogP contribution in [-0.4, -0.2) is 17.4 Å². The molecule has 1 rings (SSSR count). The summed E-state index contributed by atoms with van der Waals surface area (Å²) >= 11 is 2.92. The lowest BCUT2D eigenvalue weighted by Gasteiger charge is -2.15. The largest absolute Gasteiger partial charge is 0.414 e. The number of hydrogen-bond donors (Lipinski definition) is 1. The molecule has 1 aromatic rings. The Kier molecular flexibility index (Phi) is 3.72. The second kappa shape index (κ2) is 4.49. The van der Waals surface area contributed by atoms with Crippen molar-refractivity contribution < 1.29 is 22.7 Å². The molecule has 0 amide bonds. The quantitative estimate of drug-likeness (QED) is 0.829. The van der Waals surface area contributed by atoms with E-state index >= 15 is 0 Å². The van der Waals surface area contributed by atoms with E-state index in [-0.39, 0.29) is 10.0 Å². The molecule has 1 N–H and O–H groups in total. The van der Waals surface area contributed by atoms with Crippen LogP contribution in [0.25, 0.3) is 0 Å². The van der Waals surface area contributed by atoms with Crippen molar-refractivity contribution in [1.29, 1.82) is 0 Å². The average molecular weight is 287 g/mol. The van der Waals surface area contributed by atoms with E-state index in [4.69, 9.17) is 5.11 Å². The third kappa shape index (κ3) is 3.46. The highest BCUT2D eigenvalue weighted by Gasteiger charge is 2.38. The van der Waals surface area contributed by atoms with E-state index in [1.807, 2.05) is 0 Å². The van der Waals surface area contributed by atoms with E-state index in [9.17, 15) is 17.6 Å². The number of halogens is 5. The fraction of sp³-hybridized carbons (Fsp3) is 0.333. The van der Waals surface area contributed by atoms with Crippen molar-refractivity contribution in [3.63, 3.8) is 0 Å². The monoisotopic (exact) mass is 286 g/mol. The lowest BCUT2D eigenvalue weighted by atomic mass is 10.1. The van der Waals surface area contributed by atoms with Crippen LogP contribution >= 0.6 is 15.9 Å². The Bertz CT molecular complexity index is 350. The van der Waals surface area contributed by atoms with Crippen molar-refractivity contribution in [2.45, 2.75) is 18.7 Å². The molecule has 0 saturated heterocycles. The van der Waals surface area contributed by atoms with Gasteiger partial charge in [-0.2, -0.15) is 13.2 Å². The molecule has 15 heavy (non-hydrogen) atoms. The molecule has 0 aliphatic heterocycles. The molecule has 0 aliphatic rings. The Balaban J connectivity index is 2.82. The van der Waals surface area contributed by atoms with Gasteiger partial charge in [-0.05, 0) is 17.7 Å². The molecule has 0 spiro atoms. The number of aliphatic hydroxyl groups excluding tert-OH is 1. The zero-order valence-corrected chi connectivity index (χ0v) is 8.94. The molecule has 1 atom stereocenters. The zero-order chi connectivity index (χ0) is 11.6. The summed E-state index contributed by atoms with van der Waals surface area (Å²) in [5, 5.41) is 8.79. The van der Waals surface area contributed by atoms with E-state index in [1.165, 1.54) is 6.07 Å². The number of hydrogen-bond acceptors (Lipinski definition) is 1. The highest BCUT2D eigenvalue weighted by molar-refractivity contribution is 9.10. The van der Waals surface area contributed by atoms with Gasteiger partial charge in [-0.1, -0.05) is 22.0 Å². The van der Waals surface area contributed by atoms with E-state index in [0.29, 0.717) is 0 Å². The summed E-state index contributed by atoms with van der Waals surface area (Å²) in [6.45, 7) is 0. The Morgan fingerprint density at radius 1 is 1.33 bits per heavy atom. The van der Waals surface area contributed by atoms with Crippen LogP contribution in [0.5, 0.6) is 0 Å². The van der Waals surface area contributed by atoms with Crippen molar-refractivity contribution in [3.8, 4) is 0 Å². The van der Waals surface area contributed by atoms with Crippen LogP contribution in [0.2, 0.25) is 0 Å². The van der Waals surface area contributed by atoms with Crippen LogP contribution in [0.4, 0.5) is 17.6 Å². The number of alkyl halides is 3. The molecule has 0 aromatic heterocycles. The third-order valence-electron chi connectivity index (χ3n) is 1.81. The second-order valence-corrected chi connectivity index (χ2v) is 3.85. The van der Waals surface area contributed by atoms with Gasteiger partial charge < -0.3 is 5.11 Å². The van der Waals surface area contributed by atoms with Crippen LogP contribution in [-0.2, 0) is 6.42 Å². The zero-order valence-electron chi connectivity index (χ0n) is 7.35. The van der Waals surface area contributed by atoms with E-state index in [2.05, 4.69) is 15.9 Å². The fourth-order valence-corrected chi connectivity index (χ4v) is 1.52. The van der Waals surface area contributed by atoms with E-state index in [0.717, 1.165) is 12.1 Å². The minimum Gasteiger partial charge on any atom is -0.383 e. The Hall–Kier alpha value is -0.620. The summed E-state index contributed by atoms with van der Waals surface area (Å²) < 4.78 is 48.8. The predicted molar refractivity (Wildman–Crippen MR) is 49.9 cm³/mol. The van der Waals surface area contributed by atoms with Crippen LogP contribution in [0.15, 0.2) is 22.7 Å². The van der Waals surface area contributed by atoms with Crippen LogP contribution in [0, 0.1) is 5.82 Å². The van der Waals surface area contributed by atoms with Gasteiger partial charge in [-0.25, -0.2) is 4.39 Å². The van der Waals surface area contributed by atoms with Gasteiger partial charge in [0, 0.05) is 10.9 Å². The molecular formula is C9H7BrF4O. The first-order chi connectivity index (χ1) is 6.80. The van der Waals surface area contributed by atoms with Gasteiger partial charge in [0.25, 0.3) is 0 Å². The van der Waals surface area contributed by atoms with Crippen molar-refractivity contribution in [3.05, 3.63) is 34.1 Å². The Morgan fingerprint density at radius 2 is 1.93 bits per heavy atom. The van der Waals surface area contributed by atoms with Gasteiger partial charge >= 0.3 is 6.18 Å². The predicted octanol–water partition coefficient (Wildman–Crippen LogP) is 3.05. The van der Waals surface area contributed by atoms with Crippen molar-refractivity contribution in [2.24, 2.45) is 0 Å². The molecule has 0 bridgehead atoms. The molecule has 0 aliphatic carbocycles. The molecule has 6 heteroatoms. The molecule has 1 nitrogen and oxygen atoms in total. The molecule has 0 unspecified atom stereocenters. The van der Waals surface area contributed by atoms with Gasteiger partial charge in [0.05, 0.1) is 0 Å². The first-order valence-corrected chi connectivity index (χ1v) is 4.78. The maximum Gasteiger partial charge on any atom is 0.414 e. The number of aliphatic hydroxyl groups is 1. The summed E-state index contributed by atoms with van der Waals surface area (Å²) in [4.78, 5) is 0. The molecule has 84 valence electrons. The smallest absolute Gasteiger partial charge is 0.383 e. The SMILES string of the molecule is O[C@@H](Cc1ccc(F)cc1Br)C(F)(F)F. The maximum absolute atomic E-state index is 12.6. The summed E-state index contributed by atoms with van der Waals surface area (Å²) in [6.07, 6.45) is -7.68. The molecular weight excluding hydrogens is 280 g/mol. The minimum atomic E-state index is -4.66. The molecule has 0 saturated carbocycles. The maximum atomic E-state index is 12.6. The average Bonchev–Trinajstić information content (AvgIpc) is 2.08. The normalized spacial score (nSPS) is 14.0. The first-order valence-electron chi connectivity index (χ1n) is 3.99. The van der Waals surface area contributed by atoms with Crippen LogP contribution in [0.3, 0.4) is 0 Å². The lowest BCUT2D eigenvalue weighted by Crippen LogP contribution is -2.30. The second-order valence-electron chi connectivity index (χ2n) is 3.00. The summed E-state index contributed by atoms with van der Waals surface area (Å²) in [5.41, 5.74) is 0.209. The van der Waals surface area contributed by atoms with Gasteiger partial charge in [-0.15, -0.1) is 0 Å². The third-order valence-corrected chi connectivity index (χ3v) is 2.54. The van der Waals surface area contributed by atoms with Gasteiger partial charge in [0.1, 0.15) is 5.82 Å². The summed E-state index contributed by atoms with van der Waals surface area (Å²) in [7, 11) is 0. The van der Waals surface area contributed by atoms with Crippen molar-refractivity contribution >= 4 is 15.9 Å². The van der Waals surface area contributed by atoms with Gasteiger partial charge in [0.2, 0.25) is 0 Å². The fourth-order valence-electron chi connectivity index (χ4n) is 1.01. The topological polar surface area (TPSA) is 20.2 Å². The molecule has 0 heterocycles.